The zero-order valence-electron chi connectivity index (χ0n) is 6.75. The van der Waals surface area contributed by atoms with Gasteiger partial charge in [0.1, 0.15) is 0 Å². The van der Waals surface area contributed by atoms with E-state index >= 15 is 0 Å². The van der Waals surface area contributed by atoms with Crippen LogP contribution in [0.4, 0.5) is 10.1 Å². The highest BCUT2D eigenvalue weighted by atomic mass is 32.1. The minimum absolute atomic E-state index is 0.0903. The summed E-state index contributed by atoms with van der Waals surface area (Å²) >= 11 is 1.01. The Bertz CT molecular complexity index is 452. The average molecular weight is 197 g/mol. The Labute approximate surface area is 78.4 Å². The Morgan fingerprint density at radius 1 is 1.46 bits per heavy atom. The molecule has 0 aliphatic rings. The van der Waals surface area contributed by atoms with Crippen molar-refractivity contribution in [2.24, 2.45) is 0 Å². The average Bonchev–Trinajstić information content (AvgIpc) is 2.48. The van der Waals surface area contributed by atoms with Crippen LogP contribution >= 0.6 is 11.3 Å². The number of fused-ring (bicyclic) bond motifs is 1. The fraction of sp³-hybridized carbons (Fsp3) is 0.111. The van der Waals surface area contributed by atoms with Crippen molar-refractivity contribution in [1.29, 1.82) is 0 Å². The number of benzene rings is 1. The van der Waals surface area contributed by atoms with Gasteiger partial charge in [-0.05, 0) is 17.7 Å². The van der Waals surface area contributed by atoms with Gasteiger partial charge in [-0.3, -0.25) is 0 Å². The molecule has 1 aromatic carbocycles. The predicted octanol–water partition coefficient (Wildman–Crippen LogP) is 2.11. The van der Waals surface area contributed by atoms with Crippen molar-refractivity contribution in [3.8, 4) is 0 Å². The van der Waals surface area contributed by atoms with Gasteiger partial charge in [-0.15, -0.1) is 11.3 Å². The van der Waals surface area contributed by atoms with Crippen molar-refractivity contribution in [2.45, 2.75) is 6.61 Å². The summed E-state index contributed by atoms with van der Waals surface area (Å²) in [5.41, 5.74) is 6.92. The molecule has 4 heteroatoms. The predicted molar refractivity (Wildman–Crippen MR) is 52.1 cm³/mol. The van der Waals surface area contributed by atoms with Gasteiger partial charge in [0.05, 0.1) is 11.3 Å². The minimum Gasteiger partial charge on any atom is -0.398 e. The molecule has 0 aliphatic heterocycles. The SMILES string of the molecule is Nc1ccc(CO)c2cc(F)sc12. The third kappa shape index (κ3) is 1.28. The lowest BCUT2D eigenvalue weighted by Crippen LogP contribution is -1.88. The minimum atomic E-state index is -0.275. The Balaban J connectivity index is 2.83. The number of nitrogens with two attached hydrogens (primary N) is 1. The van der Waals surface area contributed by atoms with Crippen LogP contribution in [0.3, 0.4) is 0 Å². The van der Waals surface area contributed by atoms with Gasteiger partial charge >= 0.3 is 0 Å². The van der Waals surface area contributed by atoms with Crippen molar-refractivity contribution in [3.63, 3.8) is 0 Å². The molecule has 0 spiro atoms. The molecule has 2 aromatic rings. The summed E-state index contributed by atoms with van der Waals surface area (Å²) < 4.78 is 13.6. The van der Waals surface area contributed by atoms with Gasteiger partial charge in [-0.25, -0.2) is 0 Å². The van der Waals surface area contributed by atoms with E-state index in [4.69, 9.17) is 10.8 Å². The molecule has 0 bridgehead atoms. The van der Waals surface area contributed by atoms with Crippen LogP contribution in [-0.4, -0.2) is 5.11 Å². The number of rotatable bonds is 1. The number of aliphatic hydroxyl groups is 1. The van der Waals surface area contributed by atoms with Gasteiger partial charge < -0.3 is 10.8 Å². The largest absolute Gasteiger partial charge is 0.398 e. The van der Waals surface area contributed by atoms with Crippen molar-refractivity contribution >= 4 is 27.1 Å². The maximum absolute atomic E-state index is 12.9. The molecule has 0 fully saturated rings. The van der Waals surface area contributed by atoms with Gasteiger partial charge in [0, 0.05) is 11.1 Å². The monoisotopic (exact) mass is 197 g/mol. The standard InChI is InChI=1S/C9H8FNOS/c10-8-3-6-5(4-12)1-2-7(11)9(6)13-8/h1-3,12H,4,11H2. The van der Waals surface area contributed by atoms with E-state index in [1.807, 2.05) is 0 Å². The molecular weight excluding hydrogens is 189 g/mol. The fourth-order valence-corrected chi connectivity index (χ4v) is 2.17. The summed E-state index contributed by atoms with van der Waals surface area (Å²) in [5.74, 6) is 0. The van der Waals surface area contributed by atoms with Crippen molar-refractivity contribution in [2.75, 3.05) is 5.73 Å². The lowest BCUT2D eigenvalue weighted by Gasteiger charge is -2.00. The molecule has 2 rings (SSSR count). The van der Waals surface area contributed by atoms with Gasteiger partial charge in [0.2, 0.25) is 0 Å². The number of aliphatic hydroxyl groups excluding tert-OH is 1. The summed E-state index contributed by atoms with van der Waals surface area (Å²) in [6, 6.07) is 4.80. The fourth-order valence-electron chi connectivity index (χ4n) is 1.31. The third-order valence-electron chi connectivity index (χ3n) is 1.94. The second-order valence-electron chi connectivity index (χ2n) is 2.77. The highest BCUT2D eigenvalue weighted by Crippen LogP contribution is 2.31. The molecule has 0 radical (unpaired) electrons. The Kier molecular flexibility index (Phi) is 1.94. The number of anilines is 1. The van der Waals surface area contributed by atoms with E-state index in [1.54, 1.807) is 12.1 Å². The Morgan fingerprint density at radius 3 is 2.92 bits per heavy atom. The van der Waals surface area contributed by atoms with Crippen LogP contribution in [0, 0.1) is 5.13 Å². The van der Waals surface area contributed by atoms with Crippen molar-refractivity contribution in [1.82, 2.24) is 0 Å². The normalized spacial score (nSPS) is 10.9. The van der Waals surface area contributed by atoms with E-state index in [9.17, 15) is 4.39 Å². The molecule has 0 aliphatic carbocycles. The van der Waals surface area contributed by atoms with Crippen molar-refractivity contribution in [3.05, 3.63) is 28.9 Å². The molecule has 0 atom stereocenters. The zero-order chi connectivity index (χ0) is 9.42. The topological polar surface area (TPSA) is 46.2 Å². The number of thiophene rings is 1. The first kappa shape index (κ1) is 8.47. The maximum Gasteiger partial charge on any atom is 0.177 e. The van der Waals surface area contributed by atoms with Crippen molar-refractivity contribution < 1.29 is 9.50 Å². The maximum atomic E-state index is 12.9. The van der Waals surface area contributed by atoms with Gasteiger partial charge in [-0.2, -0.15) is 4.39 Å². The van der Waals surface area contributed by atoms with Crippen LogP contribution in [0.1, 0.15) is 5.56 Å². The summed E-state index contributed by atoms with van der Waals surface area (Å²) in [6.45, 7) is -0.0903. The van der Waals surface area contributed by atoms with Crippen LogP contribution in [0.15, 0.2) is 18.2 Å². The van der Waals surface area contributed by atoms with Gasteiger partial charge in [0.15, 0.2) is 5.13 Å². The first-order valence-corrected chi connectivity index (χ1v) is 4.61. The van der Waals surface area contributed by atoms with E-state index in [1.165, 1.54) is 6.07 Å². The van der Waals surface area contributed by atoms with Gasteiger partial charge in [0.25, 0.3) is 0 Å². The van der Waals surface area contributed by atoms with Gasteiger partial charge in [-0.1, -0.05) is 6.07 Å². The van der Waals surface area contributed by atoms with E-state index in [-0.39, 0.29) is 11.7 Å². The number of nitrogen functional groups attached to an aromatic ring is 1. The Hall–Kier alpha value is -1.13. The smallest absolute Gasteiger partial charge is 0.177 e. The molecular formula is C9H8FNOS. The van der Waals surface area contributed by atoms with Crippen LogP contribution in [0.5, 0.6) is 0 Å². The molecule has 2 nitrogen and oxygen atoms in total. The molecule has 68 valence electrons. The lowest BCUT2D eigenvalue weighted by molar-refractivity contribution is 0.283. The molecule has 0 saturated carbocycles. The van der Waals surface area contributed by atoms with Crippen LogP contribution in [-0.2, 0) is 6.61 Å². The summed E-state index contributed by atoms with van der Waals surface area (Å²) in [5, 5.41) is 9.41. The summed E-state index contributed by atoms with van der Waals surface area (Å²) in [4.78, 5) is 0. The quantitative estimate of drug-likeness (QED) is 0.688. The first-order chi connectivity index (χ1) is 6.22. The second kappa shape index (κ2) is 2.97. The number of hydrogen-bond acceptors (Lipinski definition) is 3. The molecule has 1 heterocycles. The lowest BCUT2D eigenvalue weighted by atomic mass is 10.1. The molecule has 13 heavy (non-hydrogen) atoms. The molecule has 0 amide bonds. The van der Waals surface area contributed by atoms with E-state index < -0.39 is 0 Å². The van der Waals surface area contributed by atoms with Crippen LogP contribution in [0.2, 0.25) is 0 Å². The van der Waals surface area contributed by atoms with Crippen LogP contribution in [0.25, 0.3) is 10.1 Å². The van der Waals surface area contributed by atoms with E-state index in [0.29, 0.717) is 21.3 Å². The summed E-state index contributed by atoms with van der Waals surface area (Å²) in [6.07, 6.45) is 0. The Morgan fingerprint density at radius 2 is 2.23 bits per heavy atom. The third-order valence-corrected chi connectivity index (χ3v) is 2.92. The zero-order valence-corrected chi connectivity index (χ0v) is 7.57. The number of hydrogen-bond donors (Lipinski definition) is 2. The van der Waals surface area contributed by atoms with Crippen LogP contribution < -0.4 is 5.73 Å². The van der Waals surface area contributed by atoms with E-state index in [2.05, 4.69) is 0 Å². The highest BCUT2D eigenvalue weighted by molar-refractivity contribution is 7.18. The second-order valence-corrected chi connectivity index (χ2v) is 3.77. The highest BCUT2D eigenvalue weighted by Gasteiger charge is 2.07. The molecule has 0 unspecified atom stereocenters. The molecule has 3 N–H and O–H groups in total. The first-order valence-electron chi connectivity index (χ1n) is 3.79. The molecule has 0 saturated heterocycles. The van der Waals surface area contributed by atoms with E-state index in [0.717, 1.165) is 11.3 Å². The number of halogens is 1. The molecule has 1 aromatic heterocycles. The summed E-state index contributed by atoms with van der Waals surface area (Å²) in [7, 11) is 0.